The van der Waals surface area contributed by atoms with Gasteiger partial charge in [-0.1, -0.05) is 53.3 Å². The monoisotopic (exact) mass is 200 g/mol. The topological polar surface area (TPSA) is 9.23 Å². The fraction of sp³-hybridized carbons (Fsp3) is 0.818. The van der Waals surface area contributed by atoms with Crippen molar-refractivity contribution < 1.29 is 4.74 Å². The van der Waals surface area contributed by atoms with Crippen LogP contribution < -0.4 is 0 Å². The van der Waals surface area contributed by atoms with Crippen LogP contribution in [0.25, 0.3) is 0 Å². The maximum Gasteiger partial charge on any atom is 0.138 e. The molecule has 0 aromatic heterocycles. The molecule has 76 valence electrons. The van der Waals surface area contributed by atoms with Crippen LogP contribution in [0.2, 0.25) is 0 Å². The van der Waals surface area contributed by atoms with Gasteiger partial charge < -0.3 is 4.74 Å². The molecule has 0 fully saturated rings. The highest BCUT2D eigenvalue weighted by Gasteiger charge is 2.33. The number of ether oxygens (including phenoxy) is 1. The highest BCUT2D eigenvalue weighted by atomic mass is 32.2. The van der Waals surface area contributed by atoms with Crippen LogP contribution in [0.1, 0.15) is 41.5 Å². The lowest BCUT2D eigenvalue weighted by atomic mass is 9.86. The summed E-state index contributed by atoms with van der Waals surface area (Å²) in [6.45, 7) is 13.4. The summed E-state index contributed by atoms with van der Waals surface area (Å²) < 4.78 is 5.70. The SMILES string of the molecule is CC(C)(C)C1=C(C(C)(C)C)SCO1. The Morgan fingerprint density at radius 1 is 1.00 bits per heavy atom. The van der Waals surface area contributed by atoms with Crippen LogP contribution in [-0.2, 0) is 4.74 Å². The minimum atomic E-state index is 0.145. The highest BCUT2D eigenvalue weighted by molar-refractivity contribution is 8.03. The Kier molecular flexibility index (Phi) is 2.73. The normalized spacial score (nSPS) is 19.2. The summed E-state index contributed by atoms with van der Waals surface area (Å²) in [5.41, 5.74) is 0.371. The molecule has 13 heavy (non-hydrogen) atoms. The fourth-order valence-electron chi connectivity index (χ4n) is 1.39. The minimum absolute atomic E-state index is 0.145. The van der Waals surface area contributed by atoms with Gasteiger partial charge in [-0.15, -0.1) is 0 Å². The number of hydrogen-bond donors (Lipinski definition) is 0. The molecule has 1 heterocycles. The van der Waals surface area contributed by atoms with E-state index in [4.69, 9.17) is 4.74 Å². The standard InChI is InChI=1S/C11H20OS/c1-10(2,3)8-9(11(4,5)6)13-7-12-8/h7H2,1-6H3. The molecule has 2 heteroatoms. The van der Waals surface area contributed by atoms with Crippen molar-refractivity contribution in [2.75, 3.05) is 5.94 Å². The average Bonchev–Trinajstić information content (AvgIpc) is 2.27. The summed E-state index contributed by atoms with van der Waals surface area (Å²) in [6.07, 6.45) is 0. The van der Waals surface area contributed by atoms with Gasteiger partial charge in [0.05, 0.1) is 0 Å². The molecule has 0 unspecified atom stereocenters. The molecule has 1 aliphatic rings. The third kappa shape index (κ3) is 2.43. The lowest BCUT2D eigenvalue weighted by Gasteiger charge is -2.26. The second-order valence-electron chi connectivity index (χ2n) is 5.56. The molecule has 0 aromatic rings. The van der Waals surface area contributed by atoms with Gasteiger partial charge in [0, 0.05) is 10.3 Å². The molecule has 0 saturated carbocycles. The Bertz CT molecular complexity index is 203. The molecular formula is C11H20OS. The second kappa shape index (κ2) is 3.23. The van der Waals surface area contributed by atoms with Gasteiger partial charge >= 0.3 is 0 Å². The second-order valence-corrected chi connectivity index (χ2v) is 6.50. The molecule has 0 N–H and O–H groups in total. The summed E-state index contributed by atoms with van der Waals surface area (Å²) in [5, 5.41) is 0. The van der Waals surface area contributed by atoms with E-state index in [1.165, 1.54) is 10.7 Å². The molecule has 1 rings (SSSR count). The molecule has 1 nitrogen and oxygen atoms in total. The minimum Gasteiger partial charge on any atom is -0.486 e. The zero-order valence-electron chi connectivity index (χ0n) is 9.52. The van der Waals surface area contributed by atoms with E-state index in [1.54, 1.807) is 0 Å². The lowest BCUT2D eigenvalue weighted by Crippen LogP contribution is -2.16. The number of allylic oxidation sites excluding steroid dienone is 2. The zero-order chi connectivity index (χ0) is 10.3. The lowest BCUT2D eigenvalue weighted by molar-refractivity contribution is 0.195. The summed E-state index contributed by atoms with van der Waals surface area (Å²) in [7, 11) is 0. The molecule has 0 radical (unpaired) electrons. The van der Waals surface area contributed by atoms with E-state index in [2.05, 4.69) is 41.5 Å². The van der Waals surface area contributed by atoms with E-state index in [1.807, 2.05) is 11.8 Å². The van der Waals surface area contributed by atoms with Crippen molar-refractivity contribution in [3.8, 4) is 0 Å². The van der Waals surface area contributed by atoms with Gasteiger partial charge in [-0.3, -0.25) is 0 Å². The summed E-state index contributed by atoms with van der Waals surface area (Å²) in [5.74, 6) is 1.98. The Morgan fingerprint density at radius 2 is 1.54 bits per heavy atom. The summed E-state index contributed by atoms with van der Waals surface area (Å²) in [4.78, 5) is 1.42. The van der Waals surface area contributed by atoms with Crippen molar-refractivity contribution in [3.63, 3.8) is 0 Å². The van der Waals surface area contributed by atoms with Gasteiger partial charge in [-0.05, 0) is 5.41 Å². The molecule has 0 aliphatic carbocycles. The predicted molar refractivity (Wildman–Crippen MR) is 59.5 cm³/mol. The van der Waals surface area contributed by atoms with Gasteiger partial charge in [-0.2, -0.15) is 0 Å². The summed E-state index contributed by atoms with van der Waals surface area (Å²) >= 11 is 1.84. The average molecular weight is 200 g/mol. The van der Waals surface area contributed by atoms with Crippen LogP contribution in [0.4, 0.5) is 0 Å². The van der Waals surface area contributed by atoms with Crippen molar-refractivity contribution in [1.82, 2.24) is 0 Å². The Labute approximate surface area is 85.9 Å². The smallest absolute Gasteiger partial charge is 0.138 e. The Balaban J connectivity index is 3.04. The van der Waals surface area contributed by atoms with Crippen LogP contribution >= 0.6 is 11.8 Å². The van der Waals surface area contributed by atoms with Crippen LogP contribution in [-0.4, -0.2) is 5.94 Å². The first kappa shape index (κ1) is 11.0. The predicted octanol–water partition coefficient (Wildman–Crippen LogP) is 4.01. The molecule has 0 atom stereocenters. The number of rotatable bonds is 0. The van der Waals surface area contributed by atoms with Crippen LogP contribution in [0.15, 0.2) is 10.7 Å². The van der Waals surface area contributed by atoms with Gasteiger partial charge in [0.25, 0.3) is 0 Å². The highest BCUT2D eigenvalue weighted by Crippen LogP contribution is 2.47. The third-order valence-electron chi connectivity index (χ3n) is 1.98. The molecule has 0 aromatic carbocycles. The Hall–Kier alpha value is -0.110. The van der Waals surface area contributed by atoms with E-state index in [0.717, 1.165) is 5.94 Å². The van der Waals surface area contributed by atoms with Gasteiger partial charge in [0.15, 0.2) is 0 Å². The van der Waals surface area contributed by atoms with E-state index in [0.29, 0.717) is 0 Å². The van der Waals surface area contributed by atoms with Crippen molar-refractivity contribution >= 4 is 11.8 Å². The fourth-order valence-corrected chi connectivity index (χ4v) is 2.62. The van der Waals surface area contributed by atoms with Gasteiger partial charge in [-0.25, -0.2) is 0 Å². The first-order chi connectivity index (χ1) is 5.73. The number of thioether (sulfide) groups is 1. The largest absolute Gasteiger partial charge is 0.486 e. The van der Waals surface area contributed by atoms with Crippen molar-refractivity contribution in [2.24, 2.45) is 10.8 Å². The molecule has 0 amide bonds. The van der Waals surface area contributed by atoms with Crippen molar-refractivity contribution in [2.45, 2.75) is 41.5 Å². The first-order valence-electron chi connectivity index (χ1n) is 4.74. The Morgan fingerprint density at radius 3 is 1.85 bits per heavy atom. The molecule has 0 saturated heterocycles. The molecule has 1 aliphatic heterocycles. The quantitative estimate of drug-likeness (QED) is 0.584. The van der Waals surface area contributed by atoms with Gasteiger partial charge in [0.2, 0.25) is 0 Å². The maximum absolute atomic E-state index is 5.70. The molecule has 0 spiro atoms. The zero-order valence-corrected chi connectivity index (χ0v) is 10.3. The van der Waals surface area contributed by atoms with Crippen molar-refractivity contribution in [1.29, 1.82) is 0 Å². The van der Waals surface area contributed by atoms with Crippen molar-refractivity contribution in [3.05, 3.63) is 10.7 Å². The van der Waals surface area contributed by atoms with Gasteiger partial charge in [0.1, 0.15) is 11.7 Å². The third-order valence-corrected chi connectivity index (χ3v) is 3.30. The molecular weight excluding hydrogens is 180 g/mol. The van der Waals surface area contributed by atoms with E-state index >= 15 is 0 Å². The summed E-state index contributed by atoms with van der Waals surface area (Å²) in [6, 6.07) is 0. The van der Waals surface area contributed by atoms with Crippen LogP contribution in [0.3, 0.4) is 0 Å². The van der Waals surface area contributed by atoms with E-state index in [9.17, 15) is 0 Å². The maximum atomic E-state index is 5.70. The number of hydrogen-bond acceptors (Lipinski definition) is 2. The van der Waals surface area contributed by atoms with E-state index in [-0.39, 0.29) is 10.8 Å². The first-order valence-corrected chi connectivity index (χ1v) is 5.72. The molecule has 0 bridgehead atoms. The van der Waals surface area contributed by atoms with Crippen LogP contribution in [0.5, 0.6) is 0 Å². The van der Waals surface area contributed by atoms with Crippen LogP contribution in [0, 0.1) is 10.8 Å². The van der Waals surface area contributed by atoms with E-state index < -0.39 is 0 Å².